The SMILES string of the molecule is Cc1cc(C(=O)NC2CCCCCC2)nc(NCc2ccc3c(c2)OCO3)n1. The first-order valence-corrected chi connectivity index (χ1v) is 9.96. The fourth-order valence-corrected chi connectivity index (χ4v) is 3.68. The van der Waals surface area contributed by atoms with Crippen LogP contribution in [-0.2, 0) is 6.54 Å². The molecule has 1 amide bonds. The lowest BCUT2D eigenvalue weighted by atomic mass is 10.1. The zero-order valence-corrected chi connectivity index (χ0v) is 16.2. The molecule has 148 valence electrons. The number of carbonyl (C=O) groups excluding carboxylic acids is 1. The largest absolute Gasteiger partial charge is 0.454 e. The van der Waals surface area contributed by atoms with Crippen LogP contribution in [0.3, 0.4) is 0 Å². The van der Waals surface area contributed by atoms with Crippen LogP contribution in [0.5, 0.6) is 11.5 Å². The fraction of sp³-hybridized carbons (Fsp3) is 0.476. The highest BCUT2D eigenvalue weighted by molar-refractivity contribution is 5.92. The van der Waals surface area contributed by atoms with E-state index in [0.29, 0.717) is 18.2 Å². The van der Waals surface area contributed by atoms with Crippen molar-refractivity contribution in [2.45, 2.75) is 58.0 Å². The molecular weight excluding hydrogens is 356 g/mol. The molecule has 1 saturated carbocycles. The predicted octanol–water partition coefficient (Wildman–Crippen LogP) is 3.58. The standard InChI is InChI=1S/C21H26N4O3/c1-14-10-17(20(26)24-16-6-4-2-3-5-7-16)25-21(23-14)22-12-15-8-9-18-19(11-15)28-13-27-18/h8-11,16H,2-7,12-13H2,1H3,(H,24,26)(H,22,23,25). The molecule has 2 aliphatic rings. The van der Waals surface area contributed by atoms with Gasteiger partial charge in [-0.05, 0) is 43.5 Å². The first-order valence-electron chi connectivity index (χ1n) is 9.96. The molecule has 4 rings (SSSR count). The molecule has 0 spiro atoms. The van der Waals surface area contributed by atoms with Crippen LogP contribution in [-0.4, -0.2) is 28.7 Å². The molecule has 1 aromatic carbocycles. The fourth-order valence-electron chi connectivity index (χ4n) is 3.68. The summed E-state index contributed by atoms with van der Waals surface area (Å²) in [5, 5.41) is 6.35. The second-order valence-electron chi connectivity index (χ2n) is 7.42. The van der Waals surface area contributed by atoms with Crippen LogP contribution in [0, 0.1) is 6.92 Å². The third kappa shape index (κ3) is 4.52. The number of nitrogens with zero attached hydrogens (tertiary/aromatic N) is 2. The third-order valence-electron chi connectivity index (χ3n) is 5.16. The zero-order chi connectivity index (χ0) is 19.3. The van der Waals surface area contributed by atoms with Crippen LogP contribution < -0.4 is 20.1 Å². The lowest BCUT2D eigenvalue weighted by Gasteiger charge is -2.16. The molecule has 1 aliphatic heterocycles. The van der Waals surface area contributed by atoms with E-state index in [9.17, 15) is 4.79 Å². The minimum Gasteiger partial charge on any atom is -0.454 e. The molecule has 2 aromatic rings. The number of aromatic nitrogens is 2. The van der Waals surface area contributed by atoms with Gasteiger partial charge in [-0.15, -0.1) is 0 Å². The number of anilines is 1. The molecule has 0 saturated heterocycles. The van der Waals surface area contributed by atoms with Crippen molar-refractivity contribution in [3.8, 4) is 11.5 Å². The van der Waals surface area contributed by atoms with Gasteiger partial charge in [0.05, 0.1) is 0 Å². The molecule has 0 radical (unpaired) electrons. The Hall–Kier alpha value is -2.83. The third-order valence-corrected chi connectivity index (χ3v) is 5.16. The Balaban J connectivity index is 1.40. The number of rotatable bonds is 5. The van der Waals surface area contributed by atoms with Crippen molar-refractivity contribution in [3.63, 3.8) is 0 Å². The van der Waals surface area contributed by atoms with Gasteiger partial charge in [-0.3, -0.25) is 4.79 Å². The monoisotopic (exact) mass is 382 g/mol. The van der Waals surface area contributed by atoms with Crippen LogP contribution in [0.4, 0.5) is 5.95 Å². The van der Waals surface area contributed by atoms with Crippen LogP contribution in [0.2, 0.25) is 0 Å². The molecular formula is C21H26N4O3. The molecule has 7 heteroatoms. The van der Waals surface area contributed by atoms with Gasteiger partial charge in [0.2, 0.25) is 12.7 Å². The summed E-state index contributed by atoms with van der Waals surface area (Å²) in [6, 6.07) is 7.77. The van der Waals surface area contributed by atoms with Gasteiger partial charge in [-0.1, -0.05) is 31.7 Å². The van der Waals surface area contributed by atoms with Gasteiger partial charge in [0.25, 0.3) is 5.91 Å². The number of carbonyl (C=O) groups is 1. The summed E-state index contributed by atoms with van der Waals surface area (Å²) in [5.41, 5.74) is 2.19. The van der Waals surface area contributed by atoms with E-state index in [1.54, 1.807) is 6.07 Å². The van der Waals surface area contributed by atoms with E-state index in [2.05, 4.69) is 20.6 Å². The highest BCUT2D eigenvalue weighted by atomic mass is 16.7. The van der Waals surface area contributed by atoms with E-state index < -0.39 is 0 Å². The van der Waals surface area contributed by atoms with Crippen LogP contribution in [0.25, 0.3) is 0 Å². The van der Waals surface area contributed by atoms with Crippen molar-refractivity contribution in [3.05, 3.63) is 41.2 Å². The van der Waals surface area contributed by atoms with Gasteiger partial charge in [-0.2, -0.15) is 0 Å². The Bertz CT molecular complexity index is 848. The molecule has 2 heterocycles. The summed E-state index contributed by atoms with van der Waals surface area (Å²) in [5.74, 6) is 1.83. The van der Waals surface area contributed by atoms with Gasteiger partial charge < -0.3 is 20.1 Å². The molecule has 7 nitrogen and oxygen atoms in total. The smallest absolute Gasteiger partial charge is 0.270 e. The lowest BCUT2D eigenvalue weighted by Crippen LogP contribution is -2.35. The average Bonchev–Trinajstić information content (AvgIpc) is 3.01. The van der Waals surface area contributed by atoms with E-state index in [1.807, 2.05) is 25.1 Å². The topological polar surface area (TPSA) is 85.4 Å². The van der Waals surface area contributed by atoms with Gasteiger partial charge in [0.1, 0.15) is 5.69 Å². The minimum atomic E-state index is -0.122. The number of hydrogen-bond acceptors (Lipinski definition) is 6. The van der Waals surface area contributed by atoms with E-state index in [0.717, 1.165) is 35.6 Å². The molecule has 1 aromatic heterocycles. The van der Waals surface area contributed by atoms with E-state index in [1.165, 1.54) is 25.7 Å². The highest BCUT2D eigenvalue weighted by Gasteiger charge is 2.18. The van der Waals surface area contributed by atoms with Crippen LogP contribution >= 0.6 is 0 Å². The molecule has 1 fully saturated rings. The van der Waals surface area contributed by atoms with E-state index >= 15 is 0 Å². The lowest BCUT2D eigenvalue weighted by molar-refractivity contribution is 0.0928. The van der Waals surface area contributed by atoms with Crippen molar-refractivity contribution in [2.24, 2.45) is 0 Å². The molecule has 0 bridgehead atoms. The van der Waals surface area contributed by atoms with Crippen LogP contribution in [0.1, 0.15) is 60.3 Å². The second-order valence-corrected chi connectivity index (χ2v) is 7.42. The number of amides is 1. The second kappa shape index (κ2) is 8.46. The first-order chi connectivity index (χ1) is 13.7. The van der Waals surface area contributed by atoms with E-state index in [4.69, 9.17) is 9.47 Å². The average molecular weight is 382 g/mol. The molecule has 0 atom stereocenters. The van der Waals surface area contributed by atoms with Crippen molar-refractivity contribution >= 4 is 11.9 Å². The Labute approximate surface area is 164 Å². The Morgan fingerprint density at radius 3 is 2.68 bits per heavy atom. The summed E-state index contributed by atoms with van der Waals surface area (Å²) in [6.07, 6.45) is 6.96. The predicted molar refractivity (Wildman–Crippen MR) is 106 cm³/mol. The van der Waals surface area contributed by atoms with Crippen molar-refractivity contribution in [2.75, 3.05) is 12.1 Å². The van der Waals surface area contributed by atoms with Gasteiger partial charge >= 0.3 is 0 Å². The normalized spacial score (nSPS) is 16.5. The number of fused-ring (bicyclic) bond motifs is 1. The number of benzene rings is 1. The molecule has 0 unspecified atom stereocenters. The number of nitrogens with one attached hydrogen (secondary N) is 2. The summed E-state index contributed by atoms with van der Waals surface area (Å²) in [7, 11) is 0. The van der Waals surface area contributed by atoms with Crippen LogP contribution in [0.15, 0.2) is 24.3 Å². The minimum absolute atomic E-state index is 0.122. The highest BCUT2D eigenvalue weighted by Crippen LogP contribution is 2.32. The zero-order valence-electron chi connectivity index (χ0n) is 16.2. The molecule has 2 N–H and O–H groups in total. The Morgan fingerprint density at radius 2 is 1.86 bits per heavy atom. The Morgan fingerprint density at radius 1 is 1.07 bits per heavy atom. The Kier molecular flexibility index (Phi) is 5.60. The van der Waals surface area contributed by atoms with Crippen molar-refractivity contribution in [1.82, 2.24) is 15.3 Å². The maximum Gasteiger partial charge on any atom is 0.270 e. The molecule has 1 aliphatic carbocycles. The molecule has 28 heavy (non-hydrogen) atoms. The first kappa shape index (κ1) is 18.5. The van der Waals surface area contributed by atoms with Gasteiger partial charge in [0.15, 0.2) is 11.5 Å². The summed E-state index contributed by atoms with van der Waals surface area (Å²) in [4.78, 5) is 21.5. The van der Waals surface area contributed by atoms with Gasteiger partial charge in [-0.25, -0.2) is 9.97 Å². The van der Waals surface area contributed by atoms with E-state index in [-0.39, 0.29) is 18.7 Å². The number of aryl methyl sites for hydroxylation is 1. The van der Waals surface area contributed by atoms with Crippen molar-refractivity contribution < 1.29 is 14.3 Å². The maximum absolute atomic E-state index is 12.7. The quantitative estimate of drug-likeness (QED) is 0.769. The summed E-state index contributed by atoms with van der Waals surface area (Å²) < 4.78 is 10.7. The summed E-state index contributed by atoms with van der Waals surface area (Å²) >= 11 is 0. The van der Waals surface area contributed by atoms with Gasteiger partial charge in [0, 0.05) is 18.3 Å². The van der Waals surface area contributed by atoms with Crippen molar-refractivity contribution in [1.29, 1.82) is 0 Å². The summed E-state index contributed by atoms with van der Waals surface area (Å²) in [6.45, 7) is 2.66. The maximum atomic E-state index is 12.7. The number of ether oxygens (including phenoxy) is 2. The number of hydrogen-bond donors (Lipinski definition) is 2.